The van der Waals surface area contributed by atoms with Gasteiger partial charge in [-0.05, 0) is 51.3 Å². The van der Waals surface area contributed by atoms with Crippen molar-refractivity contribution in [3.05, 3.63) is 28.6 Å². The number of nitrogens with zero attached hydrogens (tertiary/aromatic N) is 2. The highest BCUT2D eigenvalue weighted by atomic mass is 16.5. The number of aryl methyl sites for hydroxylation is 1. The Balaban J connectivity index is 2.91. The molecule has 1 heterocycles. The number of nitrogens with one attached hydrogen (secondary N) is 1. The van der Waals surface area contributed by atoms with E-state index in [1.807, 2.05) is 39.8 Å². The number of amides is 1. The van der Waals surface area contributed by atoms with E-state index in [1.54, 1.807) is 0 Å². The van der Waals surface area contributed by atoms with Crippen LogP contribution in [0.3, 0.4) is 0 Å². The fourth-order valence-corrected chi connectivity index (χ4v) is 2.48. The summed E-state index contributed by atoms with van der Waals surface area (Å²) in [6.07, 6.45) is 1.52. The van der Waals surface area contributed by atoms with E-state index in [9.17, 15) is 14.9 Å². The zero-order valence-electron chi connectivity index (χ0n) is 15.8. The average Bonchev–Trinajstić information content (AvgIpc) is 2.76. The fourth-order valence-electron chi connectivity index (χ4n) is 2.48. The lowest BCUT2D eigenvalue weighted by atomic mass is 10.1. The van der Waals surface area contributed by atoms with Gasteiger partial charge >= 0.3 is 5.97 Å². The van der Waals surface area contributed by atoms with Crippen LogP contribution in [0.15, 0.2) is 11.6 Å². The first-order chi connectivity index (χ1) is 11.6. The molecule has 0 aliphatic rings. The smallest absolute Gasteiger partial charge is 0.349 e. The molecule has 0 spiro atoms. The summed E-state index contributed by atoms with van der Waals surface area (Å²) in [5, 5.41) is 11.9. The second-order valence-corrected chi connectivity index (χ2v) is 6.80. The third kappa shape index (κ3) is 6.11. The Morgan fingerprint density at radius 1 is 1.32 bits per heavy atom. The summed E-state index contributed by atoms with van der Waals surface area (Å²) in [6, 6.07) is 3.76. The highest BCUT2D eigenvalue weighted by Crippen LogP contribution is 2.20. The zero-order valence-corrected chi connectivity index (χ0v) is 15.8. The van der Waals surface area contributed by atoms with Crippen LogP contribution in [0.4, 0.5) is 0 Å². The van der Waals surface area contributed by atoms with E-state index in [1.165, 1.54) is 6.08 Å². The maximum atomic E-state index is 12.0. The van der Waals surface area contributed by atoms with Gasteiger partial charge in [-0.3, -0.25) is 4.79 Å². The predicted molar refractivity (Wildman–Crippen MR) is 96.6 cm³/mol. The van der Waals surface area contributed by atoms with Crippen molar-refractivity contribution in [2.75, 3.05) is 6.61 Å². The quantitative estimate of drug-likeness (QED) is 0.468. The molecule has 0 aromatic carbocycles. The van der Waals surface area contributed by atoms with Crippen LogP contribution in [-0.2, 0) is 20.9 Å². The third-order valence-corrected chi connectivity index (χ3v) is 3.58. The normalized spacial score (nSPS) is 11.6. The Labute approximate surface area is 149 Å². The Bertz CT molecular complexity index is 706. The lowest BCUT2D eigenvalue weighted by molar-refractivity contribution is -0.144. The molecule has 6 nitrogen and oxygen atoms in total. The average molecular weight is 345 g/mol. The first-order valence-electron chi connectivity index (χ1n) is 8.40. The SMILES string of the molecule is Cc1cc(/C=C(\C#N)C(=O)OCC(=O)NC(C)C)c(C)n1CC(C)C. The summed E-state index contributed by atoms with van der Waals surface area (Å²) in [5.41, 5.74) is 2.74. The number of carbonyl (C=O) groups excluding carboxylic acids is 2. The largest absolute Gasteiger partial charge is 0.451 e. The lowest BCUT2D eigenvalue weighted by Gasteiger charge is -2.12. The molecule has 1 rings (SSSR count). The second kappa shape index (κ2) is 9.07. The second-order valence-electron chi connectivity index (χ2n) is 6.80. The Morgan fingerprint density at radius 3 is 2.48 bits per heavy atom. The molecule has 0 atom stereocenters. The number of nitriles is 1. The van der Waals surface area contributed by atoms with E-state index < -0.39 is 18.5 Å². The van der Waals surface area contributed by atoms with Gasteiger partial charge in [0.25, 0.3) is 5.91 Å². The van der Waals surface area contributed by atoms with Crippen LogP contribution < -0.4 is 5.32 Å². The highest BCUT2D eigenvalue weighted by Gasteiger charge is 2.16. The number of hydrogen-bond donors (Lipinski definition) is 1. The Hall–Kier alpha value is -2.55. The topological polar surface area (TPSA) is 84.1 Å². The summed E-state index contributed by atoms with van der Waals surface area (Å²) in [6.45, 7) is 12.3. The summed E-state index contributed by atoms with van der Waals surface area (Å²) < 4.78 is 7.08. The minimum Gasteiger partial charge on any atom is -0.451 e. The van der Waals surface area contributed by atoms with E-state index in [0.717, 1.165) is 23.5 Å². The van der Waals surface area contributed by atoms with Crippen molar-refractivity contribution in [2.24, 2.45) is 5.92 Å². The number of ether oxygens (including phenoxy) is 1. The Morgan fingerprint density at radius 2 is 1.96 bits per heavy atom. The summed E-state index contributed by atoms with van der Waals surface area (Å²) in [5.74, 6) is -0.702. The van der Waals surface area contributed by atoms with Gasteiger partial charge in [0.05, 0.1) is 0 Å². The Kier molecular flexibility index (Phi) is 7.43. The van der Waals surface area contributed by atoms with Gasteiger partial charge in [-0.15, -0.1) is 0 Å². The molecule has 1 N–H and O–H groups in total. The van der Waals surface area contributed by atoms with Crippen LogP contribution in [0.1, 0.15) is 44.6 Å². The number of rotatable bonds is 7. The van der Waals surface area contributed by atoms with Gasteiger partial charge in [-0.2, -0.15) is 5.26 Å². The molecule has 6 heteroatoms. The lowest BCUT2D eigenvalue weighted by Crippen LogP contribution is -2.34. The number of hydrogen-bond acceptors (Lipinski definition) is 4. The molecule has 25 heavy (non-hydrogen) atoms. The highest BCUT2D eigenvalue weighted by molar-refractivity contribution is 5.99. The first-order valence-corrected chi connectivity index (χ1v) is 8.40. The predicted octanol–water partition coefficient (Wildman–Crippen LogP) is 2.74. The molecule has 0 aliphatic heterocycles. The number of aromatic nitrogens is 1. The van der Waals surface area contributed by atoms with Crippen LogP contribution in [0.2, 0.25) is 0 Å². The molecule has 136 valence electrons. The molecule has 0 radical (unpaired) electrons. The van der Waals surface area contributed by atoms with Crippen LogP contribution in [0.25, 0.3) is 6.08 Å². The van der Waals surface area contributed by atoms with Crippen LogP contribution >= 0.6 is 0 Å². The molecule has 0 fully saturated rings. The molecule has 0 unspecified atom stereocenters. The van der Waals surface area contributed by atoms with Crippen molar-refractivity contribution in [1.82, 2.24) is 9.88 Å². The van der Waals surface area contributed by atoms with Gasteiger partial charge in [0, 0.05) is 24.0 Å². The van der Waals surface area contributed by atoms with Gasteiger partial charge in [0.2, 0.25) is 0 Å². The van der Waals surface area contributed by atoms with Gasteiger partial charge in [0.1, 0.15) is 11.6 Å². The molecular weight excluding hydrogens is 318 g/mol. The maximum Gasteiger partial charge on any atom is 0.349 e. The van der Waals surface area contributed by atoms with Crippen molar-refractivity contribution in [2.45, 2.75) is 54.1 Å². The molecule has 1 amide bonds. The van der Waals surface area contributed by atoms with Crippen molar-refractivity contribution in [3.63, 3.8) is 0 Å². The van der Waals surface area contributed by atoms with Crippen molar-refractivity contribution in [1.29, 1.82) is 5.26 Å². The minimum atomic E-state index is -0.796. The fraction of sp³-hybridized carbons (Fsp3) is 0.526. The molecular formula is C19H27N3O3. The van der Waals surface area contributed by atoms with Crippen LogP contribution in [0, 0.1) is 31.1 Å². The van der Waals surface area contributed by atoms with E-state index in [2.05, 4.69) is 23.7 Å². The zero-order chi connectivity index (χ0) is 19.1. The van der Waals surface area contributed by atoms with Crippen molar-refractivity contribution >= 4 is 18.0 Å². The summed E-state index contributed by atoms with van der Waals surface area (Å²) in [4.78, 5) is 23.6. The maximum absolute atomic E-state index is 12.0. The molecule has 0 bridgehead atoms. The monoisotopic (exact) mass is 345 g/mol. The van der Waals surface area contributed by atoms with E-state index in [-0.39, 0.29) is 11.6 Å². The van der Waals surface area contributed by atoms with Crippen LogP contribution in [-0.4, -0.2) is 29.1 Å². The van der Waals surface area contributed by atoms with Crippen molar-refractivity contribution < 1.29 is 14.3 Å². The number of esters is 1. The standard InChI is InChI=1S/C19H27N3O3/c1-12(2)10-22-14(5)7-16(15(22)6)8-17(9-20)19(24)25-11-18(23)21-13(3)4/h7-8,12-13H,10-11H2,1-6H3,(H,21,23)/b17-8+. The molecule has 0 aliphatic carbocycles. The molecule has 1 aromatic rings. The summed E-state index contributed by atoms with van der Waals surface area (Å²) >= 11 is 0. The van der Waals surface area contributed by atoms with Crippen LogP contribution in [0.5, 0.6) is 0 Å². The van der Waals surface area contributed by atoms with Gasteiger partial charge < -0.3 is 14.6 Å². The van der Waals surface area contributed by atoms with E-state index in [0.29, 0.717) is 5.92 Å². The van der Waals surface area contributed by atoms with Gasteiger partial charge in [-0.25, -0.2) is 4.79 Å². The third-order valence-electron chi connectivity index (χ3n) is 3.58. The van der Waals surface area contributed by atoms with Crippen molar-refractivity contribution in [3.8, 4) is 6.07 Å². The van der Waals surface area contributed by atoms with Gasteiger partial charge in [-0.1, -0.05) is 13.8 Å². The summed E-state index contributed by atoms with van der Waals surface area (Å²) in [7, 11) is 0. The molecule has 0 saturated carbocycles. The minimum absolute atomic E-state index is 0.0384. The molecule has 1 aromatic heterocycles. The van der Waals surface area contributed by atoms with E-state index >= 15 is 0 Å². The van der Waals surface area contributed by atoms with Gasteiger partial charge in [0.15, 0.2) is 6.61 Å². The first kappa shape index (κ1) is 20.5. The molecule has 0 saturated heterocycles. The van der Waals surface area contributed by atoms with E-state index in [4.69, 9.17) is 4.74 Å². The number of carbonyl (C=O) groups is 2.